The number of aryl methyl sites for hydroxylation is 2. The smallest absolute Gasteiger partial charge is 0.0682 e. The predicted octanol–water partition coefficient (Wildman–Crippen LogP) is 3.00. The van der Waals surface area contributed by atoms with Crippen LogP contribution in [0.15, 0.2) is 18.2 Å². The number of fused-ring (bicyclic) bond motifs is 1. The first-order valence-electron chi connectivity index (χ1n) is 6.83. The van der Waals surface area contributed by atoms with Gasteiger partial charge in [-0.2, -0.15) is 5.10 Å². The van der Waals surface area contributed by atoms with Gasteiger partial charge >= 0.3 is 0 Å². The Morgan fingerprint density at radius 1 is 1.22 bits per heavy atom. The Kier molecular flexibility index (Phi) is 2.67. The van der Waals surface area contributed by atoms with Crippen molar-refractivity contribution in [3.63, 3.8) is 0 Å². The third kappa shape index (κ3) is 1.74. The van der Waals surface area contributed by atoms with Crippen molar-refractivity contribution < 1.29 is 0 Å². The number of nitrogens with zero attached hydrogens (tertiary/aromatic N) is 2. The normalized spacial score (nSPS) is 19.3. The molecule has 1 aromatic carbocycles. The highest BCUT2D eigenvalue weighted by atomic mass is 15.3. The van der Waals surface area contributed by atoms with Crippen LogP contribution >= 0.6 is 0 Å². The zero-order valence-electron chi connectivity index (χ0n) is 11.2. The summed E-state index contributed by atoms with van der Waals surface area (Å²) >= 11 is 0. The maximum atomic E-state index is 6.60. The second kappa shape index (κ2) is 4.09. The third-order valence-electron chi connectivity index (χ3n) is 4.36. The molecule has 3 heteroatoms. The quantitative estimate of drug-likeness (QED) is 0.836. The van der Waals surface area contributed by atoms with Gasteiger partial charge in [-0.15, -0.1) is 0 Å². The van der Waals surface area contributed by atoms with Crippen molar-refractivity contribution in [2.24, 2.45) is 12.8 Å². The molecular formula is C15H21N3. The summed E-state index contributed by atoms with van der Waals surface area (Å²) < 4.78 is 1.94. The van der Waals surface area contributed by atoms with Crippen LogP contribution < -0.4 is 5.73 Å². The molecule has 18 heavy (non-hydrogen) atoms. The fourth-order valence-electron chi connectivity index (χ4n) is 3.22. The number of nitrogens with two attached hydrogens (primary N) is 1. The molecule has 0 aliphatic heterocycles. The van der Waals surface area contributed by atoms with Crippen LogP contribution in [0.1, 0.15) is 43.4 Å². The van der Waals surface area contributed by atoms with E-state index in [4.69, 9.17) is 5.73 Å². The van der Waals surface area contributed by atoms with Crippen LogP contribution in [0.5, 0.6) is 0 Å². The van der Waals surface area contributed by atoms with E-state index in [-0.39, 0.29) is 5.54 Å². The van der Waals surface area contributed by atoms with Crippen molar-refractivity contribution in [2.75, 3.05) is 0 Å². The van der Waals surface area contributed by atoms with E-state index in [0.29, 0.717) is 0 Å². The average molecular weight is 243 g/mol. The summed E-state index contributed by atoms with van der Waals surface area (Å²) in [6.45, 7) is 2.07. The van der Waals surface area contributed by atoms with Crippen molar-refractivity contribution in [2.45, 2.75) is 44.6 Å². The lowest BCUT2D eigenvalue weighted by Gasteiger charge is -2.34. The van der Waals surface area contributed by atoms with Gasteiger partial charge in [0.2, 0.25) is 0 Å². The van der Waals surface area contributed by atoms with Gasteiger partial charge in [0.25, 0.3) is 0 Å². The summed E-state index contributed by atoms with van der Waals surface area (Å²) in [5.41, 5.74) is 10.0. The molecule has 2 N–H and O–H groups in total. The number of hydrogen-bond donors (Lipinski definition) is 1. The van der Waals surface area contributed by atoms with Crippen molar-refractivity contribution in [1.29, 1.82) is 0 Å². The molecule has 0 atom stereocenters. The van der Waals surface area contributed by atoms with Crippen molar-refractivity contribution in [3.05, 3.63) is 29.5 Å². The van der Waals surface area contributed by atoms with Crippen LogP contribution in [-0.2, 0) is 12.6 Å². The number of benzene rings is 1. The van der Waals surface area contributed by atoms with Gasteiger partial charge in [0, 0.05) is 18.0 Å². The highest BCUT2D eigenvalue weighted by molar-refractivity contribution is 5.82. The molecule has 0 amide bonds. The first-order valence-corrected chi connectivity index (χ1v) is 6.83. The Hall–Kier alpha value is -1.35. The maximum absolute atomic E-state index is 6.60. The SMILES string of the molecule is Cc1nn(C)c2ccc(C3(N)CCCCC3)cc12. The Morgan fingerprint density at radius 3 is 2.67 bits per heavy atom. The molecule has 1 saturated carbocycles. The van der Waals surface area contributed by atoms with E-state index in [0.717, 1.165) is 18.5 Å². The standard InChI is InChI=1S/C15H21N3/c1-11-13-10-12(6-7-14(13)18(2)17-11)15(16)8-4-3-5-9-15/h6-7,10H,3-5,8-9,16H2,1-2H3. The molecular weight excluding hydrogens is 222 g/mol. The topological polar surface area (TPSA) is 43.8 Å². The largest absolute Gasteiger partial charge is 0.321 e. The summed E-state index contributed by atoms with van der Waals surface area (Å²) in [7, 11) is 1.99. The predicted molar refractivity (Wildman–Crippen MR) is 74.4 cm³/mol. The summed E-state index contributed by atoms with van der Waals surface area (Å²) in [6, 6.07) is 6.60. The van der Waals surface area contributed by atoms with Gasteiger partial charge < -0.3 is 5.73 Å². The molecule has 2 aromatic rings. The van der Waals surface area contributed by atoms with Gasteiger partial charge in [-0.3, -0.25) is 4.68 Å². The van der Waals surface area contributed by atoms with E-state index in [1.54, 1.807) is 0 Å². The molecule has 3 rings (SSSR count). The summed E-state index contributed by atoms with van der Waals surface area (Å²) in [5, 5.41) is 5.72. The summed E-state index contributed by atoms with van der Waals surface area (Å²) in [5.74, 6) is 0. The van der Waals surface area contributed by atoms with E-state index in [1.807, 2.05) is 11.7 Å². The van der Waals surface area contributed by atoms with E-state index in [1.165, 1.54) is 35.7 Å². The first-order chi connectivity index (χ1) is 8.60. The second-order valence-electron chi connectivity index (χ2n) is 5.66. The van der Waals surface area contributed by atoms with Crippen molar-refractivity contribution >= 4 is 10.9 Å². The van der Waals surface area contributed by atoms with Crippen LogP contribution in [-0.4, -0.2) is 9.78 Å². The summed E-state index contributed by atoms with van der Waals surface area (Å²) in [4.78, 5) is 0. The highest BCUT2D eigenvalue weighted by Gasteiger charge is 2.29. The van der Waals surface area contributed by atoms with Crippen LogP contribution in [0.3, 0.4) is 0 Å². The zero-order chi connectivity index (χ0) is 12.8. The molecule has 0 saturated heterocycles. The van der Waals surface area contributed by atoms with Gasteiger partial charge in [0.15, 0.2) is 0 Å². The monoisotopic (exact) mass is 243 g/mol. The fourth-order valence-corrected chi connectivity index (χ4v) is 3.22. The first kappa shape index (κ1) is 11.7. The number of rotatable bonds is 1. The Labute approximate surface area is 108 Å². The molecule has 0 spiro atoms. The van der Waals surface area contributed by atoms with Crippen LogP contribution in [0.4, 0.5) is 0 Å². The Bertz CT molecular complexity index is 577. The molecule has 0 unspecified atom stereocenters. The zero-order valence-corrected chi connectivity index (χ0v) is 11.2. The number of hydrogen-bond acceptors (Lipinski definition) is 2. The molecule has 1 aliphatic carbocycles. The fraction of sp³-hybridized carbons (Fsp3) is 0.533. The van der Waals surface area contributed by atoms with Crippen LogP contribution in [0.2, 0.25) is 0 Å². The minimum Gasteiger partial charge on any atom is -0.321 e. The minimum atomic E-state index is -0.116. The molecule has 1 aliphatic rings. The maximum Gasteiger partial charge on any atom is 0.0682 e. The second-order valence-corrected chi connectivity index (χ2v) is 5.66. The van der Waals surface area contributed by atoms with Gasteiger partial charge in [-0.25, -0.2) is 0 Å². The lowest BCUT2D eigenvalue weighted by atomic mass is 9.77. The molecule has 3 nitrogen and oxygen atoms in total. The Morgan fingerprint density at radius 2 is 1.94 bits per heavy atom. The van der Waals surface area contributed by atoms with Gasteiger partial charge in [-0.1, -0.05) is 25.3 Å². The molecule has 0 radical (unpaired) electrons. The van der Waals surface area contributed by atoms with E-state index >= 15 is 0 Å². The van der Waals surface area contributed by atoms with Gasteiger partial charge in [-0.05, 0) is 37.5 Å². The molecule has 96 valence electrons. The highest BCUT2D eigenvalue weighted by Crippen LogP contribution is 2.36. The molecule has 1 heterocycles. The molecule has 1 aromatic heterocycles. The molecule has 0 bridgehead atoms. The van der Waals surface area contributed by atoms with Gasteiger partial charge in [0.05, 0.1) is 11.2 Å². The van der Waals surface area contributed by atoms with E-state index in [2.05, 4.69) is 30.2 Å². The minimum absolute atomic E-state index is 0.116. The Balaban J connectivity index is 2.10. The van der Waals surface area contributed by atoms with Crippen molar-refractivity contribution in [1.82, 2.24) is 9.78 Å². The van der Waals surface area contributed by atoms with Gasteiger partial charge in [0.1, 0.15) is 0 Å². The third-order valence-corrected chi connectivity index (χ3v) is 4.36. The summed E-state index contributed by atoms with van der Waals surface area (Å²) in [6.07, 6.45) is 6.05. The van der Waals surface area contributed by atoms with Crippen LogP contribution in [0.25, 0.3) is 10.9 Å². The molecule has 1 fully saturated rings. The van der Waals surface area contributed by atoms with E-state index in [9.17, 15) is 0 Å². The van der Waals surface area contributed by atoms with Crippen molar-refractivity contribution in [3.8, 4) is 0 Å². The van der Waals surface area contributed by atoms with E-state index < -0.39 is 0 Å². The number of aromatic nitrogens is 2. The lowest BCUT2D eigenvalue weighted by Crippen LogP contribution is -2.38. The van der Waals surface area contributed by atoms with Crippen LogP contribution in [0, 0.1) is 6.92 Å². The lowest BCUT2D eigenvalue weighted by molar-refractivity contribution is 0.302. The average Bonchev–Trinajstić information content (AvgIpc) is 2.66.